The quantitative estimate of drug-likeness (QED) is 0.277. The zero-order valence-electron chi connectivity index (χ0n) is 15.3. The van der Waals surface area contributed by atoms with Gasteiger partial charge < -0.3 is 10.5 Å². The van der Waals surface area contributed by atoms with E-state index in [1.807, 2.05) is 6.07 Å². The van der Waals surface area contributed by atoms with E-state index in [2.05, 4.69) is 10.5 Å². The molecule has 29 heavy (non-hydrogen) atoms. The van der Waals surface area contributed by atoms with Gasteiger partial charge in [0.2, 0.25) is 0 Å². The van der Waals surface area contributed by atoms with Gasteiger partial charge in [-0.3, -0.25) is 14.9 Å². The Morgan fingerprint density at radius 3 is 2.59 bits per heavy atom. The highest BCUT2D eigenvalue weighted by atomic mass is 16.6. The van der Waals surface area contributed by atoms with Gasteiger partial charge >= 0.3 is 0 Å². The van der Waals surface area contributed by atoms with Crippen molar-refractivity contribution in [1.82, 2.24) is 5.43 Å². The first-order valence-corrected chi connectivity index (χ1v) is 8.67. The number of hydrazone groups is 1. The van der Waals surface area contributed by atoms with E-state index in [0.29, 0.717) is 17.0 Å². The summed E-state index contributed by atoms with van der Waals surface area (Å²) in [6, 6.07) is 20.0. The molecule has 3 rings (SSSR count). The molecule has 0 aromatic heterocycles. The largest absolute Gasteiger partial charge is 0.489 e. The van der Waals surface area contributed by atoms with Gasteiger partial charge in [-0.15, -0.1) is 0 Å². The fourth-order valence-corrected chi connectivity index (χ4v) is 2.49. The Morgan fingerprint density at radius 1 is 1.10 bits per heavy atom. The van der Waals surface area contributed by atoms with E-state index in [9.17, 15) is 14.9 Å². The maximum Gasteiger partial charge on any atom is 0.273 e. The molecule has 0 spiro atoms. The van der Waals surface area contributed by atoms with Crippen molar-refractivity contribution in [3.8, 4) is 5.75 Å². The molecule has 0 fully saturated rings. The summed E-state index contributed by atoms with van der Waals surface area (Å²) < 4.78 is 5.71. The Morgan fingerprint density at radius 2 is 1.86 bits per heavy atom. The molecule has 0 unspecified atom stereocenters. The average Bonchev–Trinajstić information content (AvgIpc) is 2.73. The van der Waals surface area contributed by atoms with Crippen LogP contribution in [0, 0.1) is 10.1 Å². The van der Waals surface area contributed by atoms with Crippen molar-refractivity contribution in [2.24, 2.45) is 5.10 Å². The first-order chi connectivity index (χ1) is 14.0. The van der Waals surface area contributed by atoms with Crippen LogP contribution in [0.5, 0.6) is 5.75 Å². The van der Waals surface area contributed by atoms with Crippen LogP contribution in [0.1, 0.15) is 21.5 Å². The van der Waals surface area contributed by atoms with Crippen molar-refractivity contribution in [2.75, 3.05) is 5.73 Å². The van der Waals surface area contributed by atoms with Crippen molar-refractivity contribution in [3.05, 3.63) is 99.6 Å². The molecular formula is C21H18N4O4. The molecule has 0 saturated heterocycles. The highest BCUT2D eigenvalue weighted by Gasteiger charge is 2.07. The zero-order valence-corrected chi connectivity index (χ0v) is 15.3. The number of hydrogen-bond donors (Lipinski definition) is 2. The van der Waals surface area contributed by atoms with Gasteiger partial charge in [0.1, 0.15) is 12.4 Å². The molecule has 0 heterocycles. The minimum Gasteiger partial charge on any atom is -0.489 e. The Hall–Kier alpha value is -4.20. The lowest BCUT2D eigenvalue weighted by Gasteiger charge is -2.07. The summed E-state index contributed by atoms with van der Waals surface area (Å²) in [5.74, 6) is 0.204. The molecule has 0 aliphatic carbocycles. The third-order valence-electron chi connectivity index (χ3n) is 4.00. The smallest absolute Gasteiger partial charge is 0.273 e. The second-order valence-electron chi connectivity index (χ2n) is 6.07. The van der Waals surface area contributed by atoms with Crippen molar-refractivity contribution >= 4 is 23.5 Å². The minimum absolute atomic E-state index is 0.0336. The first-order valence-electron chi connectivity index (χ1n) is 8.67. The zero-order chi connectivity index (χ0) is 20.6. The molecule has 3 aromatic rings. The van der Waals surface area contributed by atoms with Gasteiger partial charge in [0.15, 0.2) is 0 Å². The number of nitrogens with one attached hydrogen (secondary N) is 1. The Balaban J connectivity index is 1.57. The number of para-hydroxylation sites is 1. The number of rotatable bonds is 7. The normalized spacial score (nSPS) is 10.6. The lowest BCUT2D eigenvalue weighted by atomic mass is 10.2. The van der Waals surface area contributed by atoms with E-state index in [0.717, 1.165) is 11.1 Å². The van der Waals surface area contributed by atoms with Gasteiger partial charge in [-0.05, 0) is 47.5 Å². The lowest BCUT2D eigenvalue weighted by Crippen LogP contribution is -2.18. The van der Waals surface area contributed by atoms with Crippen molar-refractivity contribution in [1.29, 1.82) is 0 Å². The Bertz CT molecular complexity index is 1050. The van der Waals surface area contributed by atoms with E-state index in [4.69, 9.17) is 10.5 Å². The fourth-order valence-electron chi connectivity index (χ4n) is 2.49. The molecule has 0 aliphatic rings. The van der Waals surface area contributed by atoms with Crippen LogP contribution < -0.4 is 15.9 Å². The van der Waals surface area contributed by atoms with Gasteiger partial charge in [0.05, 0.1) is 16.7 Å². The number of non-ortho nitro benzene ring substituents is 1. The number of nitrogen functional groups attached to an aromatic ring is 1. The number of carbonyl (C=O) groups is 1. The monoisotopic (exact) mass is 390 g/mol. The summed E-state index contributed by atoms with van der Waals surface area (Å²) in [6.07, 6.45) is 1.50. The second-order valence-corrected chi connectivity index (χ2v) is 6.07. The third-order valence-corrected chi connectivity index (χ3v) is 4.00. The number of anilines is 1. The molecule has 0 saturated carbocycles. The number of nitro benzene ring substituents is 1. The van der Waals surface area contributed by atoms with Crippen LogP contribution in [0.4, 0.5) is 11.4 Å². The SMILES string of the molecule is Nc1ccccc1C(=O)N/N=C\c1cccc(OCc2ccc([N+](=O)[O-])cc2)c1. The number of nitrogens with zero attached hydrogens (tertiary/aromatic N) is 2. The lowest BCUT2D eigenvalue weighted by molar-refractivity contribution is -0.384. The van der Waals surface area contributed by atoms with Crippen molar-refractivity contribution in [3.63, 3.8) is 0 Å². The van der Waals surface area contributed by atoms with Crippen LogP contribution in [0.25, 0.3) is 0 Å². The number of nitro groups is 1. The summed E-state index contributed by atoms with van der Waals surface area (Å²) in [5, 5.41) is 14.6. The van der Waals surface area contributed by atoms with E-state index < -0.39 is 10.8 Å². The summed E-state index contributed by atoms with van der Waals surface area (Å²) in [7, 11) is 0. The third kappa shape index (κ3) is 5.39. The van der Waals surface area contributed by atoms with Crippen LogP contribution in [-0.4, -0.2) is 17.0 Å². The molecule has 146 valence electrons. The molecule has 3 aromatic carbocycles. The minimum atomic E-state index is -0.446. The fraction of sp³-hybridized carbons (Fsp3) is 0.0476. The van der Waals surface area contributed by atoms with Gasteiger partial charge in [0.25, 0.3) is 11.6 Å². The van der Waals surface area contributed by atoms with Crippen molar-refractivity contribution < 1.29 is 14.5 Å². The summed E-state index contributed by atoms with van der Waals surface area (Å²) >= 11 is 0. The van der Waals surface area contributed by atoms with E-state index >= 15 is 0 Å². The predicted molar refractivity (Wildman–Crippen MR) is 110 cm³/mol. The Labute approximate surface area is 166 Å². The summed E-state index contributed by atoms with van der Waals surface area (Å²) in [6.45, 7) is 0.266. The maximum atomic E-state index is 12.1. The number of ether oxygens (including phenoxy) is 1. The van der Waals surface area contributed by atoms with Crippen LogP contribution in [0.3, 0.4) is 0 Å². The Kier molecular flexibility index (Phi) is 6.16. The molecule has 0 bridgehead atoms. The standard InChI is InChI=1S/C21H18N4O4/c22-20-7-2-1-6-19(20)21(26)24-23-13-16-4-3-5-18(12-16)29-14-15-8-10-17(11-9-15)25(27)28/h1-13H,14,22H2,(H,24,26)/b23-13-. The molecule has 0 atom stereocenters. The number of nitrogens with two attached hydrogens (primary N) is 1. The number of benzene rings is 3. The predicted octanol–water partition coefficient (Wildman–Crippen LogP) is 3.52. The molecule has 8 nitrogen and oxygen atoms in total. The van der Waals surface area contributed by atoms with E-state index in [1.54, 1.807) is 54.6 Å². The number of hydrogen-bond acceptors (Lipinski definition) is 6. The second kappa shape index (κ2) is 9.14. The van der Waals surface area contributed by atoms with E-state index in [1.165, 1.54) is 18.3 Å². The molecular weight excluding hydrogens is 372 g/mol. The molecule has 0 aliphatic heterocycles. The van der Waals surface area contributed by atoms with Crippen LogP contribution in [0.15, 0.2) is 77.9 Å². The highest BCUT2D eigenvalue weighted by Crippen LogP contribution is 2.16. The van der Waals surface area contributed by atoms with Crippen LogP contribution >= 0.6 is 0 Å². The van der Waals surface area contributed by atoms with Crippen LogP contribution in [0.2, 0.25) is 0 Å². The van der Waals surface area contributed by atoms with Crippen LogP contribution in [-0.2, 0) is 6.61 Å². The van der Waals surface area contributed by atoms with Gasteiger partial charge in [0, 0.05) is 17.8 Å². The molecule has 3 N–H and O–H groups in total. The highest BCUT2D eigenvalue weighted by molar-refractivity contribution is 5.99. The van der Waals surface area contributed by atoms with E-state index in [-0.39, 0.29) is 12.3 Å². The summed E-state index contributed by atoms with van der Waals surface area (Å²) in [5.41, 5.74) is 10.5. The number of carbonyl (C=O) groups excluding carboxylic acids is 1. The first kappa shape index (κ1) is 19.6. The van der Waals surface area contributed by atoms with Gasteiger partial charge in [-0.2, -0.15) is 5.10 Å². The maximum absolute atomic E-state index is 12.1. The molecule has 1 amide bonds. The topological polar surface area (TPSA) is 120 Å². The van der Waals surface area contributed by atoms with Gasteiger partial charge in [-0.1, -0.05) is 24.3 Å². The average molecular weight is 390 g/mol. The summed E-state index contributed by atoms with van der Waals surface area (Å²) in [4.78, 5) is 22.3. The molecule has 8 heteroatoms. The van der Waals surface area contributed by atoms with Crippen molar-refractivity contribution in [2.45, 2.75) is 6.61 Å². The number of amides is 1. The van der Waals surface area contributed by atoms with Gasteiger partial charge in [-0.25, -0.2) is 5.43 Å². The molecule has 0 radical (unpaired) electrons.